The summed E-state index contributed by atoms with van der Waals surface area (Å²) in [5.74, 6) is 2.67. The number of ketones is 2. The van der Waals surface area contributed by atoms with Gasteiger partial charge in [-0.3, -0.25) is 14.4 Å². The predicted octanol–water partition coefficient (Wildman–Crippen LogP) is 5.75. The summed E-state index contributed by atoms with van der Waals surface area (Å²) in [5, 5.41) is 9.91. The van der Waals surface area contributed by atoms with Gasteiger partial charge in [-0.1, -0.05) is 39.7 Å². The number of fused-ring (bicyclic) bond motifs is 8. The summed E-state index contributed by atoms with van der Waals surface area (Å²) in [4.78, 5) is 41.1. The van der Waals surface area contributed by atoms with Crippen molar-refractivity contribution in [3.05, 3.63) is 23.3 Å². The molecule has 5 nitrogen and oxygen atoms in total. The third-order valence-electron chi connectivity index (χ3n) is 12.6. The van der Waals surface area contributed by atoms with Gasteiger partial charge < -0.3 is 4.74 Å². The number of Topliss-reactive ketones (excluding diaryl/α,β-unsaturated/α-hetero) is 1. The molecule has 0 bridgehead atoms. The van der Waals surface area contributed by atoms with E-state index in [4.69, 9.17) is 11.2 Å². The summed E-state index contributed by atoms with van der Waals surface area (Å²) in [5.41, 5.74) is -1.79. The molecule has 38 heavy (non-hydrogen) atoms. The molecule has 4 fully saturated rings. The number of rotatable bonds is 1. The Balaban J connectivity index is 1.56. The standard InChI is InChI=1S/C33H39NO4/c1-7-33-9-8-23-29(4,17-20(19-34)26(36)32(23)14-15-32)24(33)16-22(35)25-21-18-28(2,3)10-12-31(21,27(37)38-6)13-11-30(25,33)5/h1,16-17,21,23,25H,8-15,18H2,2-6H3/t21-,23+,25-,29-,30+,31-,33+/m0/s1. The van der Waals surface area contributed by atoms with Crippen molar-refractivity contribution in [3.63, 3.8) is 0 Å². The highest BCUT2D eigenvalue weighted by Crippen LogP contribution is 2.76. The molecule has 0 unspecified atom stereocenters. The molecule has 7 atom stereocenters. The van der Waals surface area contributed by atoms with Crippen molar-refractivity contribution in [3.8, 4) is 18.4 Å². The van der Waals surface area contributed by atoms with E-state index < -0.39 is 27.1 Å². The lowest BCUT2D eigenvalue weighted by atomic mass is 9.34. The number of ether oxygens (including phenoxy) is 1. The maximum absolute atomic E-state index is 14.4. The van der Waals surface area contributed by atoms with Gasteiger partial charge in [0.05, 0.1) is 23.5 Å². The van der Waals surface area contributed by atoms with Gasteiger partial charge in [0.2, 0.25) is 0 Å². The number of allylic oxidation sites excluding steroid dienone is 4. The van der Waals surface area contributed by atoms with Crippen LogP contribution in [0.2, 0.25) is 0 Å². The Kier molecular flexibility index (Phi) is 5.05. The van der Waals surface area contributed by atoms with Crippen LogP contribution in [0.3, 0.4) is 0 Å². The summed E-state index contributed by atoms with van der Waals surface area (Å²) in [6.07, 6.45) is 17.1. The van der Waals surface area contributed by atoms with Crippen LogP contribution in [0.15, 0.2) is 23.3 Å². The first-order valence-electron chi connectivity index (χ1n) is 14.3. The number of esters is 1. The molecule has 4 saturated carbocycles. The van der Waals surface area contributed by atoms with E-state index in [1.165, 1.54) is 7.11 Å². The number of hydrogen-bond donors (Lipinski definition) is 0. The molecule has 0 radical (unpaired) electrons. The Morgan fingerprint density at radius 3 is 2.34 bits per heavy atom. The van der Waals surface area contributed by atoms with Gasteiger partial charge in [-0.25, -0.2) is 0 Å². The molecule has 0 heterocycles. The fourth-order valence-electron chi connectivity index (χ4n) is 10.5. The second-order valence-corrected chi connectivity index (χ2v) is 14.6. The van der Waals surface area contributed by atoms with Gasteiger partial charge in [0.15, 0.2) is 11.6 Å². The summed E-state index contributed by atoms with van der Waals surface area (Å²) >= 11 is 0. The van der Waals surface area contributed by atoms with Gasteiger partial charge in [0.1, 0.15) is 6.07 Å². The highest BCUT2D eigenvalue weighted by Gasteiger charge is 2.74. The van der Waals surface area contributed by atoms with Crippen molar-refractivity contribution in [1.29, 1.82) is 5.26 Å². The molecular formula is C33H39NO4. The average Bonchev–Trinajstić information content (AvgIpc) is 3.67. The molecule has 0 aromatic heterocycles. The summed E-state index contributed by atoms with van der Waals surface area (Å²) in [6.45, 7) is 8.78. The van der Waals surface area contributed by atoms with Crippen LogP contribution in [-0.4, -0.2) is 24.6 Å². The van der Waals surface area contributed by atoms with E-state index in [1.807, 2.05) is 12.2 Å². The minimum Gasteiger partial charge on any atom is -0.469 e. The first-order chi connectivity index (χ1) is 17.8. The lowest BCUT2D eigenvalue weighted by Crippen LogP contribution is -2.66. The second kappa shape index (κ2) is 7.50. The minimum atomic E-state index is -0.672. The van der Waals surface area contributed by atoms with Crippen molar-refractivity contribution in [1.82, 2.24) is 0 Å². The minimum absolute atomic E-state index is 0.0180. The Morgan fingerprint density at radius 2 is 1.74 bits per heavy atom. The molecule has 0 amide bonds. The number of nitriles is 1. The summed E-state index contributed by atoms with van der Waals surface area (Å²) in [7, 11) is 1.46. The van der Waals surface area contributed by atoms with Crippen molar-refractivity contribution in [2.45, 2.75) is 85.5 Å². The van der Waals surface area contributed by atoms with E-state index >= 15 is 0 Å². The van der Waals surface area contributed by atoms with Crippen molar-refractivity contribution in [2.24, 2.45) is 50.2 Å². The van der Waals surface area contributed by atoms with Gasteiger partial charge in [0.25, 0.3) is 0 Å². The van der Waals surface area contributed by atoms with Crippen molar-refractivity contribution < 1.29 is 19.1 Å². The maximum atomic E-state index is 14.4. The molecule has 0 saturated heterocycles. The van der Waals surface area contributed by atoms with Crippen LogP contribution in [0.5, 0.6) is 0 Å². The van der Waals surface area contributed by atoms with Crippen LogP contribution in [0, 0.1) is 73.9 Å². The van der Waals surface area contributed by atoms with Crippen LogP contribution in [-0.2, 0) is 19.1 Å². The van der Waals surface area contributed by atoms with E-state index in [2.05, 4.69) is 39.7 Å². The zero-order valence-electron chi connectivity index (χ0n) is 23.4. The van der Waals surface area contributed by atoms with E-state index in [-0.39, 0.29) is 46.3 Å². The lowest BCUT2D eigenvalue weighted by molar-refractivity contribution is -0.187. The quantitative estimate of drug-likeness (QED) is 0.329. The normalized spacial score (nSPS) is 45.6. The van der Waals surface area contributed by atoms with E-state index in [0.29, 0.717) is 12.8 Å². The number of carbonyl (C=O) groups is 3. The molecule has 0 aromatic carbocycles. The molecular weight excluding hydrogens is 474 g/mol. The first-order valence-corrected chi connectivity index (χ1v) is 14.3. The zero-order valence-corrected chi connectivity index (χ0v) is 23.4. The fourth-order valence-corrected chi connectivity index (χ4v) is 10.5. The van der Waals surface area contributed by atoms with Crippen LogP contribution in [0.4, 0.5) is 0 Å². The third kappa shape index (κ3) is 2.76. The lowest BCUT2D eigenvalue weighted by Gasteiger charge is -2.67. The van der Waals surface area contributed by atoms with Crippen LogP contribution >= 0.6 is 0 Å². The van der Waals surface area contributed by atoms with Gasteiger partial charge in [-0.2, -0.15) is 5.26 Å². The number of methoxy groups -OCH3 is 1. The molecule has 0 N–H and O–H groups in total. The van der Waals surface area contributed by atoms with Gasteiger partial charge >= 0.3 is 5.97 Å². The monoisotopic (exact) mass is 513 g/mol. The number of nitrogens with zero attached hydrogens (tertiary/aromatic N) is 1. The topological polar surface area (TPSA) is 84.2 Å². The second-order valence-electron chi connectivity index (χ2n) is 14.6. The maximum Gasteiger partial charge on any atom is 0.312 e. The predicted molar refractivity (Wildman–Crippen MR) is 142 cm³/mol. The molecule has 1 spiro atoms. The number of carbonyl (C=O) groups excluding carboxylic acids is 3. The van der Waals surface area contributed by atoms with Gasteiger partial charge in [0, 0.05) is 16.7 Å². The van der Waals surface area contributed by atoms with E-state index in [0.717, 1.165) is 50.5 Å². The molecule has 6 rings (SSSR count). The first kappa shape index (κ1) is 25.6. The molecule has 0 aliphatic heterocycles. The Hall–Kier alpha value is -2.66. The van der Waals surface area contributed by atoms with Crippen molar-refractivity contribution in [2.75, 3.05) is 7.11 Å². The Morgan fingerprint density at radius 1 is 1.05 bits per heavy atom. The molecule has 0 aromatic rings. The largest absolute Gasteiger partial charge is 0.469 e. The Labute approximate surface area is 226 Å². The highest BCUT2D eigenvalue weighted by atomic mass is 16.5. The molecule has 6 aliphatic carbocycles. The zero-order chi connectivity index (χ0) is 27.5. The van der Waals surface area contributed by atoms with Crippen LogP contribution < -0.4 is 0 Å². The van der Waals surface area contributed by atoms with Gasteiger partial charge in [-0.15, -0.1) is 6.42 Å². The summed E-state index contributed by atoms with van der Waals surface area (Å²) in [6, 6.07) is 2.18. The molecule has 5 heteroatoms. The van der Waals surface area contributed by atoms with Gasteiger partial charge in [-0.05, 0) is 92.1 Å². The number of hydrogen-bond acceptors (Lipinski definition) is 5. The fraction of sp³-hybridized carbons (Fsp3) is 0.697. The average molecular weight is 514 g/mol. The van der Waals surface area contributed by atoms with Crippen molar-refractivity contribution >= 4 is 17.5 Å². The van der Waals surface area contributed by atoms with E-state index in [9.17, 15) is 19.6 Å². The molecule has 6 aliphatic rings. The van der Waals surface area contributed by atoms with Crippen LogP contribution in [0.1, 0.15) is 85.5 Å². The Bertz CT molecular complexity index is 1320. The molecule has 200 valence electrons. The highest BCUT2D eigenvalue weighted by molar-refractivity contribution is 6.06. The third-order valence-corrected chi connectivity index (χ3v) is 12.6. The van der Waals surface area contributed by atoms with E-state index in [1.54, 1.807) is 0 Å². The SMILES string of the molecule is C#C[C@@]12CC[C@H]3C4(CC4)C(=O)C(C#N)=C[C@]3(C)C1=CC(=O)[C@@H]1[C@@H]3CC(C)(C)CC[C@]3(C(=O)OC)CC[C@]12C. The summed E-state index contributed by atoms with van der Waals surface area (Å²) < 4.78 is 5.40. The smallest absolute Gasteiger partial charge is 0.312 e. The van der Waals surface area contributed by atoms with Crippen LogP contribution in [0.25, 0.3) is 0 Å². The number of terminal acetylenes is 1.